The summed E-state index contributed by atoms with van der Waals surface area (Å²) in [6, 6.07) is 0. The zero-order valence-corrected chi connectivity index (χ0v) is 19.5. The van der Waals surface area contributed by atoms with Crippen molar-refractivity contribution in [3.05, 3.63) is 11.6 Å². The third kappa shape index (κ3) is 3.46. The van der Waals surface area contributed by atoms with E-state index in [1.54, 1.807) is 0 Å². The Balaban J connectivity index is 1.55. The van der Waals surface area contributed by atoms with E-state index >= 15 is 0 Å². The summed E-state index contributed by atoms with van der Waals surface area (Å²) < 4.78 is 0. The first-order valence-corrected chi connectivity index (χ1v) is 12.6. The molecule has 0 spiro atoms. The Bertz CT molecular complexity index is 663. The third-order valence-electron chi connectivity index (χ3n) is 10.1. The topological polar surface area (TPSA) is 37.3 Å². The predicted molar refractivity (Wildman–Crippen MR) is 119 cm³/mol. The van der Waals surface area contributed by atoms with Gasteiger partial charge in [-0.2, -0.15) is 0 Å². The second kappa shape index (κ2) is 7.81. The average molecular weight is 401 g/mol. The van der Waals surface area contributed by atoms with Gasteiger partial charge in [0.1, 0.15) is 5.78 Å². The van der Waals surface area contributed by atoms with Crippen LogP contribution in [-0.4, -0.2) is 17.0 Å². The Hall–Kier alpha value is -0.630. The minimum atomic E-state index is -0.169. The van der Waals surface area contributed by atoms with Gasteiger partial charge in [-0.1, -0.05) is 65.5 Å². The molecule has 0 aromatic rings. The molecule has 2 nitrogen and oxygen atoms in total. The Morgan fingerprint density at radius 3 is 2.55 bits per heavy atom. The van der Waals surface area contributed by atoms with Crippen molar-refractivity contribution in [2.75, 3.05) is 0 Å². The summed E-state index contributed by atoms with van der Waals surface area (Å²) in [6.07, 6.45) is 13.5. The summed E-state index contributed by atoms with van der Waals surface area (Å²) in [5, 5.41) is 10.2. The van der Waals surface area contributed by atoms with Crippen LogP contribution in [0.15, 0.2) is 11.6 Å². The van der Waals surface area contributed by atoms with Gasteiger partial charge in [-0.05, 0) is 79.4 Å². The van der Waals surface area contributed by atoms with E-state index in [1.165, 1.54) is 37.7 Å². The Morgan fingerprint density at radius 1 is 1.07 bits per heavy atom. The summed E-state index contributed by atoms with van der Waals surface area (Å²) >= 11 is 0. The van der Waals surface area contributed by atoms with E-state index < -0.39 is 0 Å². The molecule has 4 rings (SSSR count). The molecule has 3 saturated carbocycles. The first-order chi connectivity index (χ1) is 13.7. The fraction of sp³-hybridized carbons (Fsp3) is 0.889. The van der Waals surface area contributed by atoms with E-state index in [2.05, 4.69) is 40.7 Å². The fourth-order valence-electron chi connectivity index (χ4n) is 8.34. The van der Waals surface area contributed by atoms with Crippen LogP contribution in [-0.2, 0) is 4.79 Å². The lowest BCUT2D eigenvalue weighted by Crippen LogP contribution is -2.55. The van der Waals surface area contributed by atoms with Crippen molar-refractivity contribution < 1.29 is 9.90 Å². The monoisotopic (exact) mass is 400 g/mol. The molecule has 0 radical (unpaired) electrons. The van der Waals surface area contributed by atoms with Gasteiger partial charge < -0.3 is 5.11 Å². The summed E-state index contributed by atoms with van der Waals surface area (Å²) in [7, 11) is 0. The molecule has 4 aliphatic rings. The van der Waals surface area contributed by atoms with E-state index in [1.807, 2.05) is 0 Å². The van der Waals surface area contributed by atoms with Gasteiger partial charge in [-0.3, -0.25) is 4.79 Å². The van der Waals surface area contributed by atoms with Crippen LogP contribution in [0.1, 0.15) is 98.8 Å². The smallest absolute Gasteiger partial charge is 0.139 e. The zero-order valence-electron chi connectivity index (χ0n) is 19.5. The highest BCUT2D eigenvalue weighted by Gasteiger charge is 2.62. The van der Waals surface area contributed by atoms with Crippen LogP contribution in [0.2, 0.25) is 0 Å². The van der Waals surface area contributed by atoms with Crippen molar-refractivity contribution in [1.82, 2.24) is 0 Å². The zero-order chi connectivity index (χ0) is 21.0. The van der Waals surface area contributed by atoms with Crippen molar-refractivity contribution in [3.8, 4) is 0 Å². The second-order valence-corrected chi connectivity index (χ2v) is 12.1. The quantitative estimate of drug-likeness (QED) is 0.530. The molecule has 0 amide bonds. The Labute approximate surface area is 178 Å². The number of aliphatic hydroxyl groups is 1. The molecule has 4 aliphatic carbocycles. The van der Waals surface area contributed by atoms with Crippen LogP contribution in [0.5, 0.6) is 0 Å². The van der Waals surface area contributed by atoms with Gasteiger partial charge in [0, 0.05) is 11.8 Å². The summed E-state index contributed by atoms with van der Waals surface area (Å²) in [6.45, 7) is 11.8. The van der Waals surface area contributed by atoms with Crippen LogP contribution in [0.3, 0.4) is 0 Å². The van der Waals surface area contributed by atoms with Gasteiger partial charge in [0.25, 0.3) is 0 Å². The lowest BCUT2D eigenvalue weighted by Gasteiger charge is -2.57. The second-order valence-electron chi connectivity index (χ2n) is 12.1. The van der Waals surface area contributed by atoms with E-state index in [-0.39, 0.29) is 16.9 Å². The SMILES string of the molecule is CC(C)CCC[C@@H](C)[C@H]1CC[C@H]2[C@@H]3CC=C4C[C@@H](O)CC[C@]4(C)[C@H]3CC(=O)[C@]12C. The van der Waals surface area contributed by atoms with Crippen molar-refractivity contribution in [3.63, 3.8) is 0 Å². The summed E-state index contributed by atoms with van der Waals surface area (Å²) in [5.74, 6) is 4.37. The maximum absolute atomic E-state index is 13.8. The van der Waals surface area contributed by atoms with Gasteiger partial charge in [-0.25, -0.2) is 0 Å². The largest absolute Gasteiger partial charge is 0.393 e. The molecule has 0 saturated heterocycles. The van der Waals surface area contributed by atoms with E-state index in [0.29, 0.717) is 35.4 Å². The van der Waals surface area contributed by atoms with E-state index in [4.69, 9.17) is 0 Å². The average Bonchev–Trinajstić information content (AvgIpc) is 3.02. The van der Waals surface area contributed by atoms with Gasteiger partial charge >= 0.3 is 0 Å². The van der Waals surface area contributed by atoms with Gasteiger partial charge in [-0.15, -0.1) is 0 Å². The highest BCUT2D eigenvalue weighted by atomic mass is 16.3. The third-order valence-corrected chi connectivity index (χ3v) is 10.1. The molecule has 0 aliphatic heterocycles. The van der Waals surface area contributed by atoms with Gasteiger partial charge in [0.05, 0.1) is 6.10 Å². The minimum absolute atomic E-state index is 0.0890. The number of fused-ring (bicyclic) bond motifs is 5. The molecular weight excluding hydrogens is 356 g/mol. The lowest BCUT2D eigenvalue weighted by molar-refractivity contribution is -0.147. The van der Waals surface area contributed by atoms with Crippen LogP contribution < -0.4 is 0 Å². The lowest BCUT2D eigenvalue weighted by atomic mass is 9.46. The molecule has 0 heterocycles. The number of aliphatic hydroxyl groups excluding tert-OH is 1. The molecular formula is C27H44O2. The van der Waals surface area contributed by atoms with Crippen molar-refractivity contribution in [1.29, 1.82) is 0 Å². The standard InChI is InChI=1S/C27H44O2/c1-17(2)7-6-8-18(3)22-11-12-23-21-10-9-19-15-20(28)13-14-26(19,4)24(21)16-25(29)27(22,23)5/h9,17-18,20-24,28H,6-8,10-16H2,1-5H3/t18-,20+,21+,22-,23+,24+,26+,27-/m1/s1. The minimum Gasteiger partial charge on any atom is -0.393 e. The van der Waals surface area contributed by atoms with Gasteiger partial charge in [0.15, 0.2) is 0 Å². The predicted octanol–water partition coefficient (Wildman–Crippen LogP) is 6.57. The maximum atomic E-state index is 13.8. The number of carbonyl (C=O) groups excluding carboxylic acids is 1. The fourth-order valence-corrected chi connectivity index (χ4v) is 8.34. The molecule has 164 valence electrons. The number of hydrogen-bond donors (Lipinski definition) is 1. The summed E-state index contributed by atoms with van der Waals surface area (Å²) in [4.78, 5) is 13.8. The van der Waals surface area contributed by atoms with E-state index in [0.717, 1.165) is 38.0 Å². The highest BCUT2D eigenvalue weighted by Crippen LogP contribution is 2.66. The molecule has 8 atom stereocenters. The van der Waals surface area contributed by atoms with Crippen molar-refractivity contribution >= 4 is 5.78 Å². The van der Waals surface area contributed by atoms with E-state index in [9.17, 15) is 9.90 Å². The molecule has 0 aromatic carbocycles. The van der Waals surface area contributed by atoms with Crippen molar-refractivity contribution in [2.45, 2.75) is 105 Å². The Kier molecular flexibility index (Phi) is 5.82. The molecule has 3 fully saturated rings. The van der Waals surface area contributed by atoms with Crippen LogP contribution in [0.25, 0.3) is 0 Å². The number of carbonyl (C=O) groups is 1. The number of ketones is 1. The van der Waals surface area contributed by atoms with Crippen LogP contribution in [0, 0.1) is 46.3 Å². The van der Waals surface area contributed by atoms with Gasteiger partial charge in [0.2, 0.25) is 0 Å². The molecule has 0 bridgehead atoms. The number of hydrogen-bond acceptors (Lipinski definition) is 2. The molecule has 0 unspecified atom stereocenters. The van der Waals surface area contributed by atoms with Crippen LogP contribution in [0.4, 0.5) is 0 Å². The molecule has 29 heavy (non-hydrogen) atoms. The highest BCUT2D eigenvalue weighted by molar-refractivity contribution is 5.87. The Morgan fingerprint density at radius 2 is 1.83 bits per heavy atom. The maximum Gasteiger partial charge on any atom is 0.139 e. The normalized spacial score (nSPS) is 45.4. The first kappa shape index (κ1) is 21.6. The number of rotatable bonds is 5. The summed E-state index contributed by atoms with van der Waals surface area (Å²) in [5.41, 5.74) is 1.53. The molecule has 2 heteroatoms. The van der Waals surface area contributed by atoms with Crippen LogP contribution >= 0.6 is 0 Å². The molecule has 1 N–H and O–H groups in total. The number of allylic oxidation sites excluding steroid dienone is 1. The number of Topliss-reactive ketones (excluding diaryl/α,β-unsaturated/α-hetero) is 1. The van der Waals surface area contributed by atoms with Crippen molar-refractivity contribution in [2.24, 2.45) is 46.3 Å². The first-order valence-electron chi connectivity index (χ1n) is 12.6. The molecule has 0 aromatic heterocycles.